The average molecular weight is 305 g/mol. The Bertz CT molecular complexity index is 662. The fourth-order valence-electron chi connectivity index (χ4n) is 1.77. The third-order valence-corrected chi connectivity index (χ3v) is 2.86. The van der Waals surface area contributed by atoms with E-state index in [1.807, 2.05) is 10.6 Å². The molecule has 1 fully saturated rings. The third kappa shape index (κ3) is 3.23. The van der Waals surface area contributed by atoms with Gasteiger partial charge in [0.15, 0.2) is 5.92 Å². The van der Waals surface area contributed by atoms with E-state index in [0.29, 0.717) is 5.69 Å². The maximum Gasteiger partial charge on any atom is 0.328 e. The van der Waals surface area contributed by atoms with Crippen LogP contribution in [0.1, 0.15) is 6.92 Å². The third-order valence-electron chi connectivity index (χ3n) is 2.86. The van der Waals surface area contributed by atoms with E-state index in [1.54, 1.807) is 0 Å². The van der Waals surface area contributed by atoms with E-state index in [9.17, 15) is 24.5 Å². The van der Waals surface area contributed by atoms with Crippen molar-refractivity contribution in [2.45, 2.75) is 6.92 Å². The van der Waals surface area contributed by atoms with Gasteiger partial charge >= 0.3 is 6.03 Å². The van der Waals surface area contributed by atoms with Gasteiger partial charge in [-0.05, 0) is 19.1 Å². The van der Waals surface area contributed by atoms with E-state index in [-0.39, 0.29) is 11.4 Å². The summed E-state index contributed by atoms with van der Waals surface area (Å²) < 4.78 is 0. The van der Waals surface area contributed by atoms with Crippen molar-refractivity contribution in [1.82, 2.24) is 10.6 Å². The van der Waals surface area contributed by atoms with Gasteiger partial charge in [-0.1, -0.05) is 0 Å². The van der Waals surface area contributed by atoms with Crippen LogP contribution >= 0.6 is 0 Å². The highest BCUT2D eigenvalue weighted by Crippen LogP contribution is 2.15. The topological polar surface area (TPSA) is 143 Å². The van der Waals surface area contributed by atoms with Crippen molar-refractivity contribution in [3.8, 4) is 0 Å². The number of nitrogens with zero attached hydrogens (tertiary/aromatic N) is 2. The van der Waals surface area contributed by atoms with Crippen molar-refractivity contribution in [2.75, 3.05) is 5.43 Å². The highest BCUT2D eigenvalue weighted by molar-refractivity contribution is 6.27. The first-order chi connectivity index (χ1) is 10.4. The van der Waals surface area contributed by atoms with Gasteiger partial charge in [-0.3, -0.25) is 35.8 Å². The Hall–Kier alpha value is -3.30. The Kier molecular flexibility index (Phi) is 4.11. The average Bonchev–Trinajstić information content (AvgIpc) is 2.44. The van der Waals surface area contributed by atoms with Gasteiger partial charge in [-0.15, -0.1) is 0 Å². The molecule has 0 aliphatic carbocycles. The van der Waals surface area contributed by atoms with Crippen LogP contribution < -0.4 is 16.1 Å². The number of rotatable bonds is 4. The van der Waals surface area contributed by atoms with E-state index in [0.717, 1.165) is 0 Å². The molecule has 1 aromatic carbocycles. The smallest absolute Gasteiger partial charge is 0.279 e. The van der Waals surface area contributed by atoms with Gasteiger partial charge in [0.05, 0.1) is 16.3 Å². The molecule has 0 bridgehead atoms. The Balaban J connectivity index is 2.09. The van der Waals surface area contributed by atoms with Crippen molar-refractivity contribution in [3.05, 3.63) is 34.4 Å². The SMILES string of the molecule is CC(=NNc1ccc([N+](=O)[O-])cc1)C1C(=O)NC(=O)NC1=O. The number of barbiturate groups is 1. The zero-order valence-electron chi connectivity index (χ0n) is 11.3. The molecule has 1 saturated heterocycles. The maximum absolute atomic E-state index is 11.6. The first kappa shape index (κ1) is 15.1. The van der Waals surface area contributed by atoms with Gasteiger partial charge in [-0.2, -0.15) is 5.10 Å². The Labute approximate surface area is 123 Å². The van der Waals surface area contributed by atoms with Crippen LogP contribution in [0.25, 0.3) is 0 Å². The highest BCUT2D eigenvalue weighted by Gasteiger charge is 2.36. The molecule has 10 nitrogen and oxygen atoms in total. The number of non-ortho nitro benzene ring substituents is 1. The zero-order valence-corrected chi connectivity index (χ0v) is 11.3. The van der Waals surface area contributed by atoms with Gasteiger partial charge in [0.25, 0.3) is 5.69 Å². The zero-order chi connectivity index (χ0) is 16.3. The second-order valence-corrected chi connectivity index (χ2v) is 4.41. The van der Waals surface area contributed by atoms with Crippen molar-refractivity contribution in [3.63, 3.8) is 0 Å². The summed E-state index contributed by atoms with van der Waals surface area (Å²) in [6, 6.07) is 4.55. The molecule has 3 N–H and O–H groups in total. The number of hydrazone groups is 1. The largest absolute Gasteiger partial charge is 0.328 e. The molecule has 1 aromatic rings. The monoisotopic (exact) mass is 305 g/mol. The number of hydrogen-bond acceptors (Lipinski definition) is 7. The molecule has 10 heteroatoms. The summed E-state index contributed by atoms with van der Waals surface area (Å²) in [5, 5.41) is 18.3. The maximum atomic E-state index is 11.6. The predicted octanol–water partition coefficient (Wildman–Crippen LogP) is 0.365. The Morgan fingerprint density at radius 3 is 2.23 bits per heavy atom. The molecule has 0 aromatic heterocycles. The number of urea groups is 1. The van der Waals surface area contributed by atoms with Gasteiger partial charge in [0, 0.05) is 12.1 Å². The molecule has 4 amide bonds. The van der Waals surface area contributed by atoms with Crippen LogP contribution in [0.15, 0.2) is 29.4 Å². The number of nitrogens with one attached hydrogen (secondary N) is 3. The summed E-state index contributed by atoms with van der Waals surface area (Å²) in [5.74, 6) is -2.75. The minimum Gasteiger partial charge on any atom is -0.279 e. The second-order valence-electron chi connectivity index (χ2n) is 4.41. The van der Waals surface area contributed by atoms with Crippen LogP contribution in [0.3, 0.4) is 0 Å². The van der Waals surface area contributed by atoms with Crippen molar-refractivity contribution >= 4 is 34.9 Å². The minimum absolute atomic E-state index is 0.0733. The minimum atomic E-state index is -1.22. The number of benzene rings is 1. The fraction of sp³-hybridized carbons (Fsp3) is 0.167. The molecule has 0 spiro atoms. The molecule has 1 aliphatic heterocycles. The van der Waals surface area contributed by atoms with Crippen LogP contribution in [0.5, 0.6) is 0 Å². The lowest BCUT2D eigenvalue weighted by Gasteiger charge is -2.20. The van der Waals surface area contributed by atoms with Crippen LogP contribution in [0.2, 0.25) is 0 Å². The summed E-state index contributed by atoms with van der Waals surface area (Å²) in [5.41, 5.74) is 3.09. The quantitative estimate of drug-likeness (QED) is 0.317. The number of anilines is 1. The van der Waals surface area contributed by atoms with E-state index >= 15 is 0 Å². The van der Waals surface area contributed by atoms with Crippen LogP contribution in [-0.2, 0) is 9.59 Å². The number of nitro groups is 1. The standard InChI is InChI=1S/C12H11N5O5/c1-6(9-10(18)13-12(20)14-11(9)19)15-16-7-2-4-8(5-3-7)17(21)22/h2-5,9,16H,1H3,(H2,13,14,18,19,20). The first-order valence-electron chi connectivity index (χ1n) is 6.09. The predicted molar refractivity (Wildman–Crippen MR) is 75.0 cm³/mol. The number of carbonyl (C=O) groups excluding carboxylic acids is 3. The molecule has 0 unspecified atom stereocenters. The number of hydrogen-bond donors (Lipinski definition) is 3. The summed E-state index contributed by atoms with van der Waals surface area (Å²) in [7, 11) is 0. The van der Waals surface area contributed by atoms with Crippen molar-refractivity contribution in [2.24, 2.45) is 11.0 Å². The molecular formula is C12H11N5O5. The normalized spacial score (nSPS) is 16.0. The lowest BCUT2D eigenvalue weighted by Crippen LogP contribution is -2.57. The number of amides is 4. The van der Waals surface area contributed by atoms with E-state index in [2.05, 4.69) is 10.5 Å². The van der Waals surface area contributed by atoms with E-state index < -0.39 is 28.7 Å². The Morgan fingerprint density at radius 1 is 1.18 bits per heavy atom. The number of imide groups is 2. The highest BCUT2D eigenvalue weighted by atomic mass is 16.6. The van der Waals surface area contributed by atoms with Gasteiger partial charge in [0.2, 0.25) is 11.8 Å². The summed E-state index contributed by atoms with van der Waals surface area (Å²) >= 11 is 0. The summed E-state index contributed by atoms with van der Waals surface area (Å²) in [6.45, 7) is 1.44. The van der Waals surface area contributed by atoms with Crippen LogP contribution in [0, 0.1) is 16.0 Å². The lowest BCUT2D eigenvalue weighted by atomic mass is 10.0. The number of carbonyl (C=O) groups is 3. The fourth-order valence-corrected chi connectivity index (χ4v) is 1.77. The van der Waals surface area contributed by atoms with Gasteiger partial charge in [0.1, 0.15) is 0 Å². The second kappa shape index (κ2) is 5.99. The summed E-state index contributed by atoms with van der Waals surface area (Å²) in [6.07, 6.45) is 0. The van der Waals surface area contributed by atoms with Crippen molar-refractivity contribution in [1.29, 1.82) is 0 Å². The van der Waals surface area contributed by atoms with E-state index in [1.165, 1.54) is 31.2 Å². The number of nitro benzene ring substituents is 1. The summed E-state index contributed by atoms with van der Waals surface area (Å²) in [4.78, 5) is 44.2. The van der Waals surface area contributed by atoms with Crippen LogP contribution in [-0.4, -0.2) is 28.5 Å². The molecule has 0 saturated carbocycles. The molecule has 22 heavy (non-hydrogen) atoms. The molecule has 1 heterocycles. The first-order valence-corrected chi connectivity index (χ1v) is 6.09. The van der Waals surface area contributed by atoms with Crippen LogP contribution in [0.4, 0.5) is 16.2 Å². The van der Waals surface area contributed by atoms with Gasteiger partial charge < -0.3 is 0 Å². The molecule has 1 aliphatic rings. The van der Waals surface area contributed by atoms with Gasteiger partial charge in [-0.25, -0.2) is 4.79 Å². The molecule has 0 radical (unpaired) electrons. The van der Waals surface area contributed by atoms with E-state index in [4.69, 9.17) is 0 Å². The molecule has 114 valence electrons. The molecule has 0 atom stereocenters. The van der Waals surface area contributed by atoms with Crippen molar-refractivity contribution < 1.29 is 19.3 Å². The molecule has 2 rings (SSSR count). The Morgan fingerprint density at radius 2 is 1.73 bits per heavy atom. The lowest BCUT2D eigenvalue weighted by molar-refractivity contribution is -0.384. The molecular weight excluding hydrogens is 294 g/mol.